The zero-order valence-electron chi connectivity index (χ0n) is 14.2. The molecule has 1 atom stereocenters. The quantitative estimate of drug-likeness (QED) is 0.265. The molecule has 0 saturated heterocycles. The zero-order chi connectivity index (χ0) is 15.4. The summed E-state index contributed by atoms with van der Waals surface area (Å²) in [7, 11) is 5.30. The summed E-state index contributed by atoms with van der Waals surface area (Å²) in [5.74, 6) is 0.903. The van der Waals surface area contributed by atoms with Crippen LogP contribution in [0.25, 0.3) is 0 Å². The summed E-state index contributed by atoms with van der Waals surface area (Å²) >= 11 is 0. The molecular formula is C15H33IN4O. The molecule has 126 valence electrons. The minimum Gasteiger partial charge on any atom is -0.356 e. The highest BCUT2D eigenvalue weighted by atomic mass is 127. The van der Waals surface area contributed by atoms with Gasteiger partial charge in [-0.3, -0.25) is 9.79 Å². The molecule has 1 amide bonds. The topological polar surface area (TPSA) is 56.7 Å². The summed E-state index contributed by atoms with van der Waals surface area (Å²) in [5, 5.41) is 6.54. The number of aliphatic imine (C=N–C) groups is 1. The minimum atomic E-state index is 0. The van der Waals surface area contributed by atoms with E-state index in [0.717, 1.165) is 12.4 Å². The number of nitrogens with zero attached hydrogens (tertiary/aromatic N) is 2. The highest BCUT2D eigenvalue weighted by Crippen LogP contribution is 2.05. The number of unbranched alkanes of at least 4 members (excludes halogenated alkanes) is 3. The van der Waals surface area contributed by atoms with E-state index < -0.39 is 0 Å². The van der Waals surface area contributed by atoms with Crippen molar-refractivity contribution in [1.29, 1.82) is 0 Å². The lowest BCUT2D eigenvalue weighted by Crippen LogP contribution is -2.43. The van der Waals surface area contributed by atoms with Crippen molar-refractivity contribution < 1.29 is 4.79 Å². The molecule has 0 fully saturated rings. The molecule has 5 nitrogen and oxygen atoms in total. The van der Waals surface area contributed by atoms with Crippen LogP contribution in [0.3, 0.4) is 0 Å². The van der Waals surface area contributed by atoms with Gasteiger partial charge in [-0.2, -0.15) is 0 Å². The Labute approximate surface area is 147 Å². The molecule has 0 rings (SSSR count). The second-order valence-corrected chi connectivity index (χ2v) is 5.43. The molecule has 0 radical (unpaired) electrons. The third-order valence-corrected chi connectivity index (χ3v) is 3.23. The fourth-order valence-corrected chi connectivity index (χ4v) is 1.89. The van der Waals surface area contributed by atoms with E-state index in [2.05, 4.69) is 29.5 Å². The first-order valence-corrected chi connectivity index (χ1v) is 7.68. The van der Waals surface area contributed by atoms with Gasteiger partial charge in [0.15, 0.2) is 5.96 Å². The summed E-state index contributed by atoms with van der Waals surface area (Å²) in [5.41, 5.74) is 0. The van der Waals surface area contributed by atoms with Crippen LogP contribution in [0.5, 0.6) is 0 Å². The number of hydrogen-bond acceptors (Lipinski definition) is 2. The first kappa shape index (κ1) is 22.7. The first-order valence-electron chi connectivity index (χ1n) is 7.68. The molecule has 0 aliphatic rings. The Bertz CT molecular complexity index is 295. The third kappa shape index (κ3) is 12.9. The highest BCUT2D eigenvalue weighted by molar-refractivity contribution is 14.0. The van der Waals surface area contributed by atoms with Gasteiger partial charge in [-0.25, -0.2) is 0 Å². The Morgan fingerprint density at radius 3 is 2.43 bits per heavy atom. The van der Waals surface area contributed by atoms with Crippen LogP contribution in [-0.2, 0) is 4.79 Å². The van der Waals surface area contributed by atoms with E-state index in [1.54, 1.807) is 26.0 Å². The maximum Gasteiger partial charge on any atom is 0.223 e. The lowest BCUT2D eigenvalue weighted by Gasteiger charge is -2.18. The monoisotopic (exact) mass is 412 g/mol. The average molecular weight is 412 g/mol. The van der Waals surface area contributed by atoms with Crippen LogP contribution in [0.1, 0.15) is 52.4 Å². The van der Waals surface area contributed by atoms with E-state index in [4.69, 9.17) is 0 Å². The number of amides is 1. The van der Waals surface area contributed by atoms with Crippen LogP contribution in [-0.4, -0.2) is 50.5 Å². The van der Waals surface area contributed by atoms with E-state index in [0.29, 0.717) is 19.0 Å². The van der Waals surface area contributed by atoms with Crippen molar-refractivity contribution >= 4 is 35.8 Å². The third-order valence-electron chi connectivity index (χ3n) is 3.23. The van der Waals surface area contributed by atoms with Gasteiger partial charge >= 0.3 is 0 Å². The molecule has 6 heteroatoms. The van der Waals surface area contributed by atoms with E-state index in [1.165, 1.54) is 25.7 Å². The van der Waals surface area contributed by atoms with Crippen molar-refractivity contribution in [2.24, 2.45) is 4.99 Å². The maximum atomic E-state index is 11.5. The molecule has 0 bridgehead atoms. The van der Waals surface area contributed by atoms with E-state index >= 15 is 0 Å². The van der Waals surface area contributed by atoms with Gasteiger partial charge in [0, 0.05) is 40.2 Å². The van der Waals surface area contributed by atoms with Gasteiger partial charge in [-0.15, -0.1) is 24.0 Å². The van der Waals surface area contributed by atoms with E-state index in [9.17, 15) is 4.79 Å². The lowest BCUT2D eigenvalue weighted by atomic mass is 10.1. The van der Waals surface area contributed by atoms with E-state index in [-0.39, 0.29) is 29.9 Å². The van der Waals surface area contributed by atoms with Crippen molar-refractivity contribution in [1.82, 2.24) is 15.5 Å². The van der Waals surface area contributed by atoms with E-state index in [1.807, 2.05) is 0 Å². The maximum absolute atomic E-state index is 11.5. The van der Waals surface area contributed by atoms with Gasteiger partial charge in [-0.1, -0.05) is 32.6 Å². The molecule has 0 aromatic carbocycles. The average Bonchev–Trinajstić information content (AvgIpc) is 2.42. The molecular weight excluding hydrogens is 379 g/mol. The van der Waals surface area contributed by atoms with Gasteiger partial charge in [-0.05, 0) is 13.3 Å². The molecule has 0 saturated carbocycles. The smallest absolute Gasteiger partial charge is 0.223 e. The number of carbonyl (C=O) groups is 1. The number of halogens is 1. The fourth-order valence-electron chi connectivity index (χ4n) is 1.89. The van der Waals surface area contributed by atoms with Gasteiger partial charge in [0.2, 0.25) is 5.91 Å². The summed E-state index contributed by atoms with van der Waals surface area (Å²) in [6, 6.07) is 0.405. The highest BCUT2D eigenvalue weighted by Gasteiger charge is 2.07. The van der Waals surface area contributed by atoms with Crippen LogP contribution < -0.4 is 10.6 Å². The number of carbonyl (C=O) groups excluding carboxylic acids is 1. The number of rotatable bonds is 9. The summed E-state index contributed by atoms with van der Waals surface area (Å²) in [6.45, 7) is 5.01. The molecule has 0 aromatic rings. The summed E-state index contributed by atoms with van der Waals surface area (Å²) < 4.78 is 0. The number of guanidine groups is 1. The van der Waals surface area contributed by atoms with Crippen molar-refractivity contribution in [3.8, 4) is 0 Å². The molecule has 0 spiro atoms. The van der Waals surface area contributed by atoms with Crippen LogP contribution in [0.2, 0.25) is 0 Å². The van der Waals surface area contributed by atoms with Crippen molar-refractivity contribution in [3.05, 3.63) is 0 Å². The summed E-state index contributed by atoms with van der Waals surface area (Å²) in [4.78, 5) is 17.3. The van der Waals surface area contributed by atoms with Gasteiger partial charge in [0.25, 0.3) is 0 Å². The molecule has 1 unspecified atom stereocenters. The summed E-state index contributed by atoms with van der Waals surface area (Å²) in [6.07, 6.45) is 6.76. The van der Waals surface area contributed by atoms with Crippen LogP contribution in [0.15, 0.2) is 4.99 Å². The van der Waals surface area contributed by atoms with Crippen LogP contribution >= 0.6 is 24.0 Å². The number of hydrogen-bond donors (Lipinski definition) is 2. The standard InChI is InChI=1S/C15H32N4O.HI/c1-6-7-8-9-10-13(2)18-15(16-3)17-12-11-14(20)19(4)5;/h13H,6-12H2,1-5H3,(H2,16,17,18);1H. The van der Waals surface area contributed by atoms with Gasteiger partial charge in [0.1, 0.15) is 0 Å². The lowest BCUT2D eigenvalue weighted by molar-refractivity contribution is -0.128. The second-order valence-electron chi connectivity index (χ2n) is 5.43. The van der Waals surface area contributed by atoms with Crippen molar-refractivity contribution in [3.63, 3.8) is 0 Å². The Kier molecular flexibility index (Phi) is 15.6. The predicted molar refractivity (Wildman–Crippen MR) is 101 cm³/mol. The SMILES string of the molecule is CCCCCCC(C)NC(=NC)NCCC(=O)N(C)C.I. The first-order chi connectivity index (χ1) is 9.51. The Balaban J connectivity index is 0. The molecule has 2 N–H and O–H groups in total. The normalized spacial score (nSPS) is 12.3. The van der Waals surface area contributed by atoms with Crippen LogP contribution in [0.4, 0.5) is 0 Å². The Hall–Kier alpha value is -0.530. The van der Waals surface area contributed by atoms with Crippen molar-refractivity contribution in [2.45, 2.75) is 58.4 Å². The predicted octanol–water partition coefficient (Wildman–Crippen LogP) is 2.61. The molecule has 21 heavy (non-hydrogen) atoms. The minimum absolute atomic E-state index is 0. The zero-order valence-corrected chi connectivity index (χ0v) is 16.6. The van der Waals surface area contributed by atoms with Gasteiger partial charge < -0.3 is 15.5 Å². The van der Waals surface area contributed by atoms with Gasteiger partial charge in [0.05, 0.1) is 0 Å². The van der Waals surface area contributed by atoms with Crippen LogP contribution in [0, 0.1) is 0 Å². The molecule has 0 heterocycles. The molecule has 0 aliphatic heterocycles. The molecule has 0 aromatic heterocycles. The Morgan fingerprint density at radius 1 is 1.24 bits per heavy atom. The second kappa shape index (κ2) is 14.4. The molecule has 0 aliphatic carbocycles. The number of nitrogens with one attached hydrogen (secondary N) is 2. The fraction of sp³-hybridized carbons (Fsp3) is 0.867. The Morgan fingerprint density at radius 2 is 1.90 bits per heavy atom. The van der Waals surface area contributed by atoms with Crippen molar-refractivity contribution in [2.75, 3.05) is 27.7 Å². The largest absolute Gasteiger partial charge is 0.356 e.